The molecule has 7 nitrogen and oxygen atoms in total. The van der Waals surface area contributed by atoms with Gasteiger partial charge in [-0.1, -0.05) is 42.6 Å². The largest absolute Gasteiger partial charge is 0.485 e. The summed E-state index contributed by atoms with van der Waals surface area (Å²) in [6.07, 6.45) is 5.97. The molecule has 9 heteroatoms. The van der Waals surface area contributed by atoms with Gasteiger partial charge in [-0.3, -0.25) is 9.36 Å². The molecule has 0 N–H and O–H groups in total. The fraction of sp³-hybridized carbons (Fsp3) is 0.609. The number of carbonyl (C=O) groups excluding carboxylic acids is 1. The number of ether oxygens (including phenoxy) is 2. The SMILES string of the molecule is Cc1cc(Cl)ccc1OCc1nnc(SCC(=O)N2CCO[C@@H](C)C2)n1C1CCCCC1. The maximum Gasteiger partial charge on any atom is 0.233 e. The van der Waals surface area contributed by atoms with Crippen LogP contribution in [0.1, 0.15) is 56.5 Å². The van der Waals surface area contributed by atoms with Crippen LogP contribution in [0.15, 0.2) is 23.4 Å². The lowest BCUT2D eigenvalue weighted by molar-refractivity contribution is -0.135. The van der Waals surface area contributed by atoms with Crippen LogP contribution in [0, 0.1) is 6.92 Å². The first-order chi connectivity index (χ1) is 15.5. The first-order valence-electron chi connectivity index (χ1n) is 11.4. The van der Waals surface area contributed by atoms with Crippen molar-refractivity contribution >= 4 is 29.3 Å². The molecule has 1 atom stereocenters. The molecule has 1 saturated heterocycles. The highest BCUT2D eigenvalue weighted by Gasteiger charge is 2.26. The van der Waals surface area contributed by atoms with Gasteiger partial charge in [0.15, 0.2) is 11.0 Å². The van der Waals surface area contributed by atoms with Crippen LogP contribution in [0.5, 0.6) is 5.75 Å². The van der Waals surface area contributed by atoms with Crippen LogP contribution < -0.4 is 4.74 Å². The number of benzene rings is 1. The average Bonchev–Trinajstić information content (AvgIpc) is 3.20. The van der Waals surface area contributed by atoms with E-state index in [1.807, 2.05) is 36.9 Å². The molecule has 1 saturated carbocycles. The minimum atomic E-state index is 0.0867. The number of aryl methyl sites for hydroxylation is 1. The lowest BCUT2D eigenvalue weighted by Gasteiger charge is -2.31. The number of hydrogen-bond donors (Lipinski definition) is 0. The highest BCUT2D eigenvalue weighted by Crippen LogP contribution is 2.33. The van der Waals surface area contributed by atoms with Gasteiger partial charge in [-0.05, 0) is 50.5 Å². The molecule has 174 valence electrons. The number of morpholine rings is 1. The van der Waals surface area contributed by atoms with E-state index >= 15 is 0 Å². The van der Waals surface area contributed by atoms with E-state index in [1.165, 1.54) is 31.0 Å². The molecule has 0 radical (unpaired) electrons. The first-order valence-corrected chi connectivity index (χ1v) is 12.7. The molecular formula is C23H31ClN4O3S. The molecule has 0 bridgehead atoms. The molecule has 32 heavy (non-hydrogen) atoms. The molecule has 1 aliphatic heterocycles. The topological polar surface area (TPSA) is 69.5 Å². The van der Waals surface area contributed by atoms with Crippen LogP contribution in [0.25, 0.3) is 0 Å². The third-order valence-electron chi connectivity index (χ3n) is 6.09. The summed E-state index contributed by atoms with van der Waals surface area (Å²) < 4.78 is 13.8. The zero-order chi connectivity index (χ0) is 22.5. The Labute approximate surface area is 198 Å². The van der Waals surface area contributed by atoms with E-state index in [0.717, 1.165) is 35.1 Å². The van der Waals surface area contributed by atoms with Crippen molar-refractivity contribution in [3.05, 3.63) is 34.6 Å². The van der Waals surface area contributed by atoms with Crippen molar-refractivity contribution in [2.45, 2.75) is 69.9 Å². The maximum absolute atomic E-state index is 12.7. The third kappa shape index (κ3) is 5.77. The number of halogens is 1. The van der Waals surface area contributed by atoms with Gasteiger partial charge in [-0.15, -0.1) is 10.2 Å². The van der Waals surface area contributed by atoms with Crippen LogP contribution in [0.3, 0.4) is 0 Å². The molecule has 1 aliphatic carbocycles. The van der Waals surface area contributed by atoms with E-state index in [2.05, 4.69) is 14.8 Å². The second-order valence-electron chi connectivity index (χ2n) is 8.57. The van der Waals surface area contributed by atoms with Crippen LogP contribution in [-0.2, 0) is 16.1 Å². The monoisotopic (exact) mass is 478 g/mol. The third-order valence-corrected chi connectivity index (χ3v) is 7.25. The zero-order valence-electron chi connectivity index (χ0n) is 18.8. The Hall–Kier alpha value is -1.77. The van der Waals surface area contributed by atoms with Gasteiger partial charge in [0.25, 0.3) is 0 Å². The number of amides is 1. The Kier molecular flexibility index (Phi) is 7.97. The molecule has 2 fully saturated rings. The van der Waals surface area contributed by atoms with Crippen molar-refractivity contribution in [1.29, 1.82) is 0 Å². The minimum absolute atomic E-state index is 0.0867. The van der Waals surface area contributed by atoms with E-state index in [0.29, 0.717) is 43.1 Å². The fourth-order valence-corrected chi connectivity index (χ4v) is 5.54. The summed E-state index contributed by atoms with van der Waals surface area (Å²) in [5.74, 6) is 2.08. The average molecular weight is 479 g/mol. The highest BCUT2D eigenvalue weighted by atomic mass is 35.5. The Balaban J connectivity index is 1.46. The van der Waals surface area contributed by atoms with Crippen LogP contribution >= 0.6 is 23.4 Å². The van der Waals surface area contributed by atoms with Crippen molar-refractivity contribution in [3.63, 3.8) is 0 Å². The van der Waals surface area contributed by atoms with Gasteiger partial charge in [0.1, 0.15) is 12.4 Å². The Morgan fingerprint density at radius 2 is 2.09 bits per heavy atom. The van der Waals surface area contributed by atoms with Crippen molar-refractivity contribution in [2.75, 3.05) is 25.4 Å². The van der Waals surface area contributed by atoms with Gasteiger partial charge < -0.3 is 14.4 Å². The minimum Gasteiger partial charge on any atom is -0.485 e. The number of rotatable bonds is 7. The van der Waals surface area contributed by atoms with Crippen LogP contribution in [0.4, 0.5) is 0 Å². The normalized spacial score (nSPS) is 19.8. The summed E-state index contributed by atoms with van der Waals surface area (Å²) in [5, 5.41) is 10.4. The quantitative estimate of drug-likeness (QED) is 0.539. The van der Waals surface area contributed by atoms with Gasteiger partial charge in [0.05, 0.1) is 18.5 Å². The molecule has 1 aromatic carbocycles. The standard InChI is InChI=1S/C23H31ClN4O3S/c1-16-12-18(24)8-9-20(16)31-14-21-25-26-23(28(21)19-6-4-3-5-7-19)32-15-22(29)27-10-11-30-17(2)13-27/h8-9,12,17,19H,3-7,10-11,13-15H2,1-2H3/t17-/m0/s1. The number of nitrogens with zero attached hydrogens (tertiary/aromatic N) is 4. The van der Waals surface area contributed by atoms with Gasteiger partial charge in [-0.2, -0.15) is 0 Å². The number of hydrogen-bond acceptors (Lipinski definition) is 6. The van der Waals surface area contributed by atoms with E-state index in [-0.39, 0.29) is 12.0 Å². The predicted molar refractivity (Wildman–Crippen MR) is 125 cm³/mol. The molecule has 2 aliphatic rings. The van der Waals surface area contributed by atoms with Gasteiger partial charge in [0, 0.05) is 24.2 Å². The number of carbonyl (C=O) groups is 1. The molecule has 0 spiro atoms. The highest BCUT2D eigenvalue weighted by molar-refractivity contribution is 7.99. The smallest absolute Gasteiger partial charge is 0.233 e. The molecule has 4 rings (SSSR count). The summed E-state index contributed by atoms with van der Waals surface area (Å²) in [6.45, 7) is 6.21. The maximum atomic E-state index is 12.7. The molecule has 2 aromatic rings. The van der Waals surface area contributed by atoms with Crippen molar-refractivity contribution in [3.8, 4) is 5.75 Å². The van der Waals surface area contributed by atoms with E-state index in [9.17, 15) is 4.79 Å². The number of thioether (sulfide) groups is 1. The van der Waals surface area contributed by atoms with E-state index in [4.69, 9.17) is 21.1 Å². The van der Waals surface area contributed by atoms with Crippen molar-refractivity contribution in [1.82, 2.24) is 19.7 Å². The van der Waals surface area contributed by atoms with E-state index < -0.39 is 0 Å². The van der Waals surface area contributed by atoms with Crippen molar-refractivity contribution < 1.29 is 14.3 Å². The molecule has 1 aromatic heterocycles. The van der Waals surface area contributed by atoms with Crippen LogP contribution in [-0.4, -0.2) is 57.1 Å². The lowest BCUT2D eigenvalue weighted by Crippen LogP contribution is -2.45. The zero-order valence-corrected chi connectivity index (χ0v) is 20.3. The molecule has 1 amide bonds. The second kappa shape index (κ2) is 10.9. The van der Waals surface area contributed by atoms with Gasteiger partial charge >= 0.3 is 0 Å². The molecule has 2 heterocycles. The Morgan fingerprint density at radius 1 is 1.28 bits per heavy atom. The summed E-state index contributed by atoms with van der Waals surface area (Å²) in [5.41, 5.74) is 0.987. The Bertz CT molecular complexity index is 932. The van der Waals surface area contributed by atoms with Crippen molar-refractivity contribution in [2.24, 2.45) is 0 Å². The summed E-state index contributed by atoms with van der Waals surface area (Å²) >= 11 is 7.54. The molecular weight excluding hydrogens is 448 g/mol. The summed E-state index contributed by atoms with van der Waals surface area (Å²) in [4.78, 5) is 14.6. The Morgan fingerprint density at radius 3 is 2.84 bits per heavy atom. The summed E-state index contributed by atoms with van der Waals surface area (Å²) in [6, 6.07) is 5.96. The summed E-state index contributed by atoms with van der Waals surface area (Å²) in [7, 11) is 0. The van der Waals surface area contributed by atoms with Gasteiger partial charge in [-0.25, -0.2) is 0 Å². The first kappa shape index (κ1) is 23.4. The number of aromatic nitrogens is 3. The van der Waals surface area contributed by atoms with Gasteiger partial charge in [0.2, 0.25) is 5.91 Å². The van der Waals surface area contributed by atoms with Crippen LogP contribution in [0.2, 0.25) is 5.02 Å². The predicted octanol–water partition coefficient (Wildman–Crippen LogP) is 4.66. The lowest BCUT2D eigenvalue weighted by atomic mass is 9.95. The fourth-order valence-electron chi connectivity index (χ4n) is 4.39. The second-order valence-corrected chi connectivity index (χ2v) is 9.95. The molecule has 0 unspecified atom stereocenters. The van der Waals surface area contributed by atoms with E-state index in [1.54, 1.807) is 0 Å².